The lowest BCUT2D eigenvalue weighted by Crippen LogP contribution is -2.37. The van der Waals surface area contributed by atoms with Crippen molar-refractivity contribution in [2.75, 3.05) is 32.8 Å². The van der Waals surface area contributed by atoms with Crippen LogP contribution >= 0.6 is 0 Å². The van der Waals surface area contributed by atoms with E-state index in [1.165, 1.54) is 24.5 Å². The second kappa shape index (κ2) is 5.36. The highest BCUT2D eigenvalue weighted by atomic mass is 16.5. The Kier molecular flexibility index (Phi) is 3.61. The quantitative estimate of drug-likeness (QED) is 0.804. The van der Waals surface area contributed by atoms with Gasteiger partial charge in [-0.1, -0.05) is 6.92 Å². The van der Waals surface area contributed by atoms with E-state index in [2.05, 4.69) is 26.6 Å². The van der Waals surface area contributed by atoms with Gasteiger partial charge >= 0.3 is 0 Å². The summed E-state index contributed by atoms with van der Waals surface area (Å²) in [5.74, 6) is 2.93. The van der Waals surface area contributed by atoms with Gasteiger partial charge in [0.1, 0.15) is 11.6 Å². The van der Waals surface area contributed by atoms with Crippen molar-refractivity contribution in [2.45, 2.75) is 38.6 Å². The summed E-state index contributed by atoms with van der Waals surface area (Å²) >= 11 is 0. The fourth-order valence-electron chi connectivity index (χ4n) is 2.91. The number of hydrogen-bond acceptors (Lipinski definition) is 4. The van der Waals surface area contributed by atoms with Crippen LogP contribution < -0.4 is 0 Å². The third-order valence-electron chi connectivity index (χ3n) is 4.07. The van der Waals surface area contributed by atoms with Crippen LogP contribution in [0.15, 0.2) is 0 Å². The van der Waals surface area contributed by atoms with Crippen molar-refractivity contribution in [1.82, 2.24) is 19.7 Å². The molecule has 5 nitrogen and oxygen atoms in total. The Morgan fingerprint density at radius 3 is 2.89 bits per heavy atom. The highest BCUT2D eigenvalue weighted by molar-refractivity contribution is 5.04. The molecule has 18 heavy (non-hydrogen) atoms. The Hall–Kier alpha value is -0.940. The van der Waals surface area contributed by atoms with Crippen molar-refractivity contribution >= 4 is 0 Å². The van der Waals surface area contributed by atoms with Gasteiger partial charge in [0, 0.05) is 38.5 Å². The number of nitrogens with zero attached hydrogens (tertiary/aromatic N) is 4. The monoisotopic (exact) mass is 250 g/mol. The minimum absolute atomic E-state index is 0.573. The van der Waals surface area contributed by atoms with E-state index in [-0.39, 0.29) is 0 Å². The van der Waals surface area contributed by atoms with Gasteiger partial charge in [-0.2, -0.15) is 0 Å². The average Bonchev–Trinajstić information content (AvgIpc) is 2.82. The molecule has 1 atom stereocenters. The van der Waals surface area contributed by atoms with Crippen molar-refractivity contribution in [3.63, 3.8) is 0 Å². The zero-order valence-electron chi connectivity index (χ0n) is 11.1. The molecule has 2 aliphatic rings. The zero-order chi connectivity index (χ0) is 12.4. The molecule has 0 spiro atoms. The molecule has 0 amide bonds. The van der Waals surface area contributed by atoms with Crippen molar-refractivity contribution in [1.29, 1.82) is 0 Å². The molecule has 0 bridgehead atoms. The summed E-state index contributed by atoms with van der Waals surface area (Å²) in [5, 5.41) is 8.76. The molecule has 2 aliphatic heterocycles. The fourth-order valence-corrected chi connectivity index (χ4v) is 2.91. The lowest BCUT2D eigenvalue weighted by atomic mass is 10.0. The second-order valence-corrected chi connectivity index (χ2v) is 5.37. The van der Waals surface area contributed by atoms with Crippen LogP contribution in [0.3, 0.4) is 0 Å². The standard InChI is InChI=1S/C13H22N4O/c1-11-3-2-5-17-12(14-15-13(11)17)4-6-16-7-9-18-10-8-16/h11H,2-10H2,1H3. The molecule has 1 saturated heterocycles. The van der Waals surface area contributed by atoms with E-state index in [1.54, 1.807) is 0 Å². The van der Waals surface area contributed by atoms with E-state index >= 15 is 0 Å². The van der Waals surface area contributed by atoms with E-state index in [9.17, 15) is 0 Å². The van der Waals surface area contributed by atoms with Crippen LogP contribution in [0.5, 0.6) is 0 Å². The van der Waals surface area contributed by atoms with E-state index in [4.69, 9.17) is 4.74 Å². The van der Waals surface area contributed by atoms with Crippen LogP contribution in [-0.2, 0) is 17.7 Å². The Balaban J connectivity index is 1.62. The van der Waals surface area contributed by atoms with E-state index < -0.39 is 0 Å². The van der Waals surface area contributed by atoms with Crippen LogP contribution in [0.2, 0.25) is 0 Å². The van der Waals surface area contributed by atoms with Crippen LogP contribution in [0.4, 0.5) is 0 Å². The van der Waals surface area contributed by atoms with Gasteiger partial charge in [0.2, 0.25) is 0 Å². The Bertz CT molecular complexity index is 398. The lowest BCUT2D eigenvalue weighted by molar-refractivity contribution is 0.0381. The third-order valence-corrected chi connectivity index (χ3v) is 4.07. The molecule has 3 heterocycles. The van der Waals surface area contributed by atoms with Gasteiger partial charge < -0.3 is 9.30 Å². The Morgan fingerprint density at radius 2 is 2.06 bits per heavy atom. The first-order valence-electron chi connectivity index (χ1n) is 7.06. The molecule has 1 fully saturated rings. The summed E-state index contributed by atoms with van der Waals surface area (Å²) in [5.41, 5.74) is 0. The summed E-state index contributed by atoms with van der Waals surface area (Å²) in [6, 6.07) is 0. The normalized spacial score (nSPS) is 25.1. The predicted octanol–water partition coefficient (Wildman–Crippen LogP) is 1.05. The minimum atomic E-state index is 0.573. The number of hydrogen-bond donors (Lipinski definition) is 0. The van der Waals surface area contributed by atoms with Gasteiger partial charge in [-0.3, -0.25) is 4.90 Å². The lowest BCUT2D eigenvalue weighted by Gasteiger charge is -2.26. The summed E-state index contributed by atoms with van der Waals surface area (Å²) in [6.07, 6.45) is 3.53. The Morgan fingerprint density at radius 1 is 1.22 bits per heavy atom. The number of morpholine rings is 1. The maximum atomic E-state index is 5.37. The van der Waals surface area contributed by atoms with Crippen LogP contribution in [-0.4, -0.2) is 52.5 Å². The largest absolute Gasteiger partial charge is 0.379 e. The molecular formula is C13H22N4O. The maximum absolute atomic E-state index is 5.37. The molecule has 1 unspecified atom stereocenters. The fraction of sp³-hybridized carbons (Fsp3) is 0.846. The topological polar surface area (TPSA) is 43.2 Å². The predicted molar refractivity (Wildman–Crippen MR) is 68.6 cm³/mol. The van der Waals surface area contributed by atoms with Gasteiger partial charge in [0.25, 0.3) is 0 Å². The van der Waals surface area contributed by atoms with Gasteiger partial charge in [0.15, 0.2) is 0 Å². The van der Waals surface area contributed by atoms with Crippen molar-refractivity contribution in [3.8, 4) is 0 Å². The molecular weight excluding hydrogens is 228 g/mol. The smallest absolute Gasteiger partial charge is 0.135 e. The molecule has 100 valence electrons. The highest BCUT2D eigenvalue weighted by Crippen LogP contribution is 2.25. The maximum Gasteiger partial charge on any atom is 0.135 e. The molecule has 0 N–H and O–H groups in total. The second-order valence-electron chi connectivity index (χ2n) is 5.37. The van der Waals surface area contributed by atoms with Gasteiger partial charge in [-0.15, -0.1) is 10.2 Å². The molecule has 1 aromatic rings. The van der Waals surface area contributed by atoms with Crippen molar-refractivity contribution in [2.24, 2.45) is 0 Å². The number of ether oxygens (including phenoxy) is 1. The molecule has 5 heteroatoms. The van der Waals surface area contributed by atoms with Gasteiger partial charge in [-0.05, 0) is 12.8 Å². The van der Waals surface area contributed by atoms with Crippen LogP contribution in [0.25, 0.3) is 0 Å². The summed E-state index contributed by atoms with van der Waals surface area (Å²) < 4.78 is 7.71. The third kappa shape index (κ3) is 2.42. The molecule has 0 aromatic carbocycles. The average molecular weight is 250 g/mol. The summed E-state index contributed by atoms with van der Waals surface area (Å²) in [6.45, 7) is 8.28. The summed E-state index contributed by atoms with van der Waals surface area (Å²) in [4.78, 5) is 2.46. The number of aromatic nitrogens is 3. The zero-order valence-corrected chi connectivity index (χ0v) is 11.1. The highest BCUT2D eigenvalue weighted by Gasteiger charge is 2.22. The molecule has 1 aromatic heterocycles. The first-order valence-corrected chi connectivity index (χ1v) is 7.06. The van der Waals surface area contributed by atoms with E-state index in [0.29, 0.717) is 5.92 Å². The first kappa shape index (κ1) is 12.1. The van der Waals surface area contributed by atoms with Crippen LogP contribution in [0, 0.1) is 0 Å². The van der Waals surface area contributed by atoms with Crippen LogP contribution in [0.1, 0.15) is 37.3 Å². The van der Waals surface area contributed by atoms with Gasteiger partial charge in [-0.25, -0.2) is 0 Å². The SMILES string of the molecule is CC1CCCn2c(CCN3CCOCC3)nnc21. The van der Waals surface area contributed by atoms with E-state index in [1.807, 2.05) is 0 Å². The molecule has 0 saturated carbocycles. The molecule has 3 rings (SSSR count). The van der Waals surface area contributed by atoms with Crippen molar-refractivity contribution < 1.29 is 4.74 Å². The number of fused-ring (bicyclic) bond motifs is 1. The summed E-state index contributed by atoms with van der Waals surface area (Å²) in [7, 11) is 0. The Labute approximate surface area is 108 Å². The molecule has 0 radical (unpaired) electrons. The molecule has 0 aliphatic carbocycles. The van der Waals surface area contributed by atoms with Gasteiger partial charge in [0.05, 0.1) is 13.2 Å². The first-order chi connectivity index (χ1) is 8.84. The van der Waals surface area contributed by atoms with E-state index in [0.717, 1.165) is 45.8 Å². The minimum Gasteiger partial charge on any atom is -0.379 e. The van der Waals surface area contributed by atoms with Crippen molar-refractivity contribution in [3.05, 3.63) is 11.6 Å². The number of rotatable bonds is 3.